The average Bonchev–Trinajstić information content (AvgIpc) is 2.70. The maximum atomic E-state index is 4.60. The molecule has 1 heterocycles. The Hall–Kier alpha value is -1.09. The Bertz CT molecular complexity index is 476. The van der Waals surface area contributed by atoms with E-state index in [0.717, 1.165) is 17.2 Å². The third kappa shape index (κ3) is 3.43. The number of rotatable bonds is 6. The normalized spacial score (nSPS) is 10.9. The Kier molecular flexibility index (Phi) is 4.37. The molecule has 0 bridgehead atoms. The quantitative estimate of drug-likeness (QED) is 0.756. The molecular weight excluding hydrogens is 228 g/mol. The van der Waals surface area contributed by atoms with Crippen molar-refractivity contribution in [2.24, 2.45) is 0 Å². The van der Waals surface area contributed by atoms with Crippen molar-refractivity contribution in [3.63, 3.8) is 0 Å². The SMILES string of the molecule is CCCCCCNc1nc2cc(C)ccc2s1. The Morgan fingerprint density at radius 2 is 2.12 bits per heavy atom. The van der Waals surface area contributed by atoms with Crippen LogP contribution >= 0.6 is 11.3 Å². The maximum absolute atomic E-state index is 4.60. The van der Waals surface area contributed by atoms with Crippen LogP contribution in [0.2, 0.25) is 0 Å². The Morgan fingerprint density at radius 3 is 2.94 bits per heavy atom. The maximum Gasteiger partial charge on any atom is 0.183 e. The zero-order chi connectivity index (χ0) is 12.1. The van der Waals surface area contributed by atoms with Gasteiger partial charge in [0.25, 0.3) is 0 Å². The van der Waals surface area contributed by atoms with Crippen LogP contribution in [-0.2, 0) is 0 Å². The van der Waals surface area contributed by atoms with Crippen molar-refractivity contribution in [3.05, 3.63) is 23.8 Å². The molecule has 0 radical (unpaired) electrons. The van der Waals surface area contributed by atoms with Crippen molar-refractivity contribution >= 4 is 26.7 Å². The molecule has 1 aromatic heterocycles. The number of anilines is 1. The number of hydrogen-bond acceptors (Lipinski definition) is 3. The summed E-state index contributed by atoms with van der Waals surface area (Å²) in [7, 11) is 0. The first-order valence-corrected chi connectivity index (χ1v) is 7.22. The zero-order valence-electron chi connectivity index (χ0n) is 10.6. The first-order valence-electron chi connectivity index (χ1n) is 6.40. The second kappa shape index (κ2) is 6.01. The molecule has 1 N–H and O–H groups in total. The van der Waals surface area contributed by atoms with E-state index in [2.05, 4.69) is 42.3 Å². The van der Waals surface area contributed by atoms with Gasteiger partial charge in [0, 0.05) is 6.54 Å². The first-order chi connectivity index (χ1) is 8.29. The van der Waals surface area contributed by atoms with Crippen LogP contribution in [0.3, 0.4) is 0 Å². The molecule has 1 aromatic carbocycles. The number of unbranched alkanes of at least 4 members (excludes halogenated alkanes) is 3. The van der Waals surface area contributed by atoms with E-state index in [1.807, 2.05) is 0 Å². The number of aryl methyl sites for hydroxylation is 1. The molecule has 0 atom stereocenters. The molecule has 92 valence electrons. The second-order valence-electron chi connectivity index (χ2n) is 4.48. The van der Waals surface area contributed by atoms with E-state index in [-0.39, 0.29) is 0 Å². The highest BCUT2D eigenvalue weighted by Crippen LogP contribution is 2.26. The van der Waals surface area contributed by atoms with Gasteiger partial charge in [0.15, 0.2) is 5.13 Å². The molecule has 0 spiro atoms. The number of aromatic nitrogens is 1. The molecule has 2 rings (SSSR count). The van der Waals surface area contributed by atoms with Gasteiger partial charge in [-0.25, -0.2) is 4.98 Å². The third-order valence-electron chi connectivity index (χ3n) is 2.85. The minimum Gasteiger partial charge on any atom is -0.361 e. The number of thiazole rings is 1. The third-order valence-corrected chi connectivity index (χ3v) is 3.84. The largest absolute Gasteiger partial charge is 0.361 e. The van der Waals surface area contributed by atoms with E-state index in [0.29, 0.717) is 0 Å². The number of nitrogens with one attached hydrogen (secondary N) is 1. The van der Waals surface area contributed by atoms with Crippen molar-refractivity contribution in [3.8, 4) is 0 Å². The molecule has 0 aliphatic heterocycles. The van der Waals surface area contributed by atoms with Crippen LogP contribution in [0.4, 0.5) is 5.13 Å². The molecular formula is C14H20N2S. The summed E-state index contributed by atoms with van der Waals surface area (Å²) in [6, 6.07) is 6.45. The van der Waals surface area contributed by atoms with Crippen LogP contribution in [-0.4, -0.2) is 11.5 Å². The van der Waals surface area contributed by atoms with Crippen molar-refractivity contribution < 1.29 is 0 Å². The standard InChI is InChI=1S/C14H20N2S/c1-3-4-5-6-9-15-14-16-12-10-11(2)7-8-13(12)17-14/h7-8,10H,3-6,9H2,1-2H3,(H,15,16). The van der Waals surface area contributed by atoms with Crippen LogP contribution in [0.5, 0.6) is 0 Å². The minimum absolute atomic E-state index is 1.04. The highest BCUT2D eigenvalue weighted by molar-refractivity contribution is 7.22. The highest BCUT2D eigenvalue weighted by atomic mass is 32.1. The fourth-order valence-electron chi connectivity index (χ4n) is 1.86. The monoisotopic (exact) mass is 248 g/mol. The zero-order valence-corrected chi connectivity index (χ0v) is 11.4. The summed E-state index contributed by atoms with van der Waals surface area (Å²) in [5, 5.41) is 4.48. The summed E-state index contributed by atoms with van der Waals surface area (Å²) in [5.74, 6) is 0. The summed E-state index contributed by atoms with van der Waals surface area (Å²) in [4.78, 5) is 4.60. The fourth-order valence-corrected chi connectivity index (χ4v) is 2.73. The Morgan fingerprint density at radius 1 is 1.24 bits per heavy atom. The van der Waals surface area contributed by atoms with E-state index >= 15 is 0 Å². The first kappa shape index (κ1) is 12.4. The molecule has 0 aliphatic carbocycles. The summed E-state index contributed by atoms with van der Waals surface area (Å²) in [6.07, 6.45) is 5.18. The molecule has 0 fully saturated rings. The lowest BCUT2D eigenvalue weighted by Gasteiger charge is -2.00. The average molecular weight is 248 g/mol. The second-order valence-corrected chi connectivity index (χ2v) is 5.51. The fraction of sp³-hybridized carbons (Fsp3) is 0.500. The highest BCUT2D eigenvalue weighted by Gasteiger charge is 2.02. The summed E-state index contributed by atoms with van der Waals surface area (Å²) >= 11 is 1.75. The van der Waals surface area contributed by atoms with Gasteiger partial charge in [-0.05, 0) is 31.0 Å². The molecule has 0 aliphatic rings. The summed E-state index contributed by atoms with van der Waals surface area (Å²) in [5.41, 5.74) is 2.39. The van der Waals surface area contributed by atoms with Crippen LogP contribution in [0, 0.1) is 6.92 Å². The van der Waals surface area contributed by atoms with Crippen molar-refractivity contribution in [1.29, 1.82) is 0 Å². The van der Waals surface area contributed by atoms with Gasteiger partial charge in [-0.1, -0.05) is 43.6 Å². The molecule has 17 heavy (non-hydrogen) atoms. The summed E-state index contributed by atoms with van der Waals surface area (Å²) < 4.78 is 1.27. The number of fused-ring (bicyclic) bond motifs is 1. The van der Waals surface area contributed by atoms with E-state index in [9.17, 15) is 0 Å². The van der Waals surface area contributed by atoms with E-state index < -0.39 is 0 Å². The van der Waals surface area contributed by atoms with E-state index in [1.54, 1.807) is 11.3 Å². The lowest BCUT2D eigenvalue weighted by molar-refractivity contribution is 0.685. The molecule has 2 nitrogen and oxygen atoms in total. The topological polar surface area (TPSA) is 24.9 Å². The van der Waals surface area contributed by atoms with Gasteiger partial charge < -0.3 is 5.32 Å². The number of benzene rings is 1. The minimum atomic E-state index is 1.04. The van der Waals surface area contributed by atoms with Gasteiger partial charge in [0.05, 0.1) is 10.2 Å². The van der Waals surface area contributed by atoms with Gasteiger partial charge in [0.2, 0.25) is 0 Å². The lowest BCUT2D eigenvalue weighted by atomic mass is 10.2. The van der Waals surface area contributed by atoms with Gasteiger partial charge in [0.1, 0.15) is 0 Å². The van der Waals surface area contributed by atoms with Gasteiger partial charge in [-0.15, -0.1) is 0 Å². The van der Waals surface area contributed by atoms with Crippen LogP contribution in [0.15, 0.2) is 18.2 Å². The molecule has 0 saturated heterocycles. The Labute approximate surface area is 107 Å². The molecule has 3 heteroatoms. The number of hydrogen-bond donors (Lipinski definition) is 1. The predicted octanol–water partition coefficient (Wildman–Crippen LogP) is 4.60. The predicted molar refractivity (Wildman–Crippen MR) is 77.0 cm³/mol. The van der Waals surface area contributed by atoms with Crippen LogP contribution in [0.1, 0.15) is 38.2 Å². The molecule has 0 unspecified atom stereocenters. The van der Waals surface area contributed by atoms with Crippen molar-refractivity contribution in [1.82, 2.24) is 4.98 Å². The van der Waals surface area contributed by atoms with Gasteiger partial charge in [-0.3, -0.25) is 0 Å². The Balaban J connectivity index is 1.91. The van der Waals surface area contributed by atoms with Gasteiger partial charge in [-0.2, -0.15) is 0 Å². The molecule has 0 amide bonds. The molecule has 0 saturated carbocycles. The number of nitrogens with zero attached hydrogens (tertiary/aromatic N) is 1. The molecule has 2 aromatic rings. The smallest absolute Gasteiger partial charge is 0.183 e. The van der Waals surface area contributed by atoms with Crippen LogP contribution in [0.25, 0.3) is 10.2 Å². The van der Waals surface area contributed by atoms with E-state index in [1.165, 1.54) is 35.9 Å². The van der Waals surface area contributed by atoms with Gasteiger partial charge >= 0.3 is 0 Å². The van der Waals surface area contributed by atoms with Crippen LogP contribution < -0.4 is 5.32 Å². The van der Waals surface area contributed by atoms with Crippen molar-refractivity contribution in [2.45, 2.75) is 39.5 Å². The van der Waals surface area contributed by atoms with Crippen molar-refractivity contribution in [2.75, 3.05) is 11.9 Å². The summed E-state index contributed by atoms with van der Waals surface area (Å²) in [6.45, 7) is 5.39. The lowest BCUT2D eigenvalue weighted by Crippen LogP contribution is -2.00. The van der Waals surface area contributed by atoms with E-state index in [4.69, 9.17) is 0 Å².